The first-order valence-corrected chi connectivity index (χ1v) is 17.9. The Morgan fingerprint density at radius 3 is 2.17 bits per heavy atom. The Morgan fingerprint density at radius 2 is 1.55 bits per heavy atom. The van der Waals surface area contributed by atoms with Crippen molar-refractivity contribution in [2.45, 2.75) is 138 Å². The van der Waals surface area contributed by atoms with Crippen molar-refractivity contribution in [3.05, 3.63) is 12.2 Å². The fourth-order valence-corrected chi connectivity index (χ4v) is 12.6. The average molecular weight is 657 g/mol. The van der Waals surface area contributed by atoms with Crippen molar-refractivity contribution in [1.29, 1.82) is 0 Å². The van der Waals surface area contributed by atoms with Gasteiger partial charge in [0, 0.05) is 11.0 Å². The summed E-state index contributed by atoms with van der Waals surface area (Å²) in [7, 11) is 1.26. The van der Waals surface area contributed by atoms with Crippen LogP contribution in [0.1, 0.15) is 126 Å². The Balaban J connectivity index is 1.41. The summed E-state index contributed by atoms with van der Waals surface area (Å²) in [6, 6.07) is -0.480. The number of urea groups is 1. The van der Waals surface area contributed by atoms with E-state index >= 15 is 0 Å². The number of hydrogen-bond acceptors (Lipinski definition) is 6. The molecule has 5 aliphatic rings. The zero-order valence-electron chi connectivity index (χ0n) is 30.3. The van der Waals surface area contributed by atoms with Crippen LogP contribution in [0.3, 0.4) is 0 Å². The maximum Gasteiger partial charge on any atom is 0.415 e. The fraction of sp³-hybridized carbons (Fsp3) is 0.842. The molecule has 5 fully saturated rings. The molecule has 47 heavy (non-hydrogen) atoms. The molecule has 0 aromatic rings. The van der Waals surface area contributed by atoms with E-state index in [1.165, 1.54) is 12.7 Å². The van der Waals surface area contributed by atoms with Crippen molar-refractivity contribution in [1.82, 2.24) is 10.6 Å². The number of nitrogens with one attached hydrogen (secondary N) is 2. The topological polar surface area (TPSA) is 131 Å². The number of ether oxygens (including phenoxy) is 2. The molecule has 264 valence electrons. The third-order valence-corrected chi connectivity index (χ3v) is 15.2. The highest BCUT2D eigenvalue weighted by Crippen LogP contribution is 2.76. The van der Waals surface area contributed by atoms with E-state index in [1.807, 2.05) is 0 Å². The number of rotatable bonds is 6. The van der Waals surface area contributed by atoms with Gasteiger partial charge in [0.05, 0.1) is 18.9 Å². The summed E-state index contributed by atoms with van der Waals surface area (Å²) >= 11 is 0. The maximum absolute atomic E-state index is 13.1. The number of carboxylic acids is 1. The van der Waals surface area contributed by atoms with Crippen molar-refractivity contribution in [3.8, 4) is 0 Å². The van der Waals surface area contributed by atoms with Gasteiger partial charge >= 0.3 is 24.1 Å². The van der Waals surface area contributed by atoms with Gasteiger partial charge in [0.2, 0.25) is 0 Å². The van der Waals surface area contributed by atoms with E-state index in [2.05, 4.69) is 58.8 Å². The van der Waals surface area contributed by atoms with Crippen LogP contribution in [0.5, 0.6) is 0 Å². The van der Waals surface area contributed by atoms with E-state index in [4.69, 9.17) is 9.47 Å². The molecule has 0 saturated heterocycles. The minimum atomic E-state index is -1.16. The summed E-state index contributed by atoms with van der Waals surface area (Å²) in [5.41, 5.74) is -0.322. The van der Waals surface area contributed by atoms with Gasteiger partial charge < -0.3 is 19.9 Å². The molecular weight excluding hydrogens is 596 g/mol. The zero-order valence-corrected chi connectivity index (χ0v) is 30.3. The summed E-state index contributed by atoms with van der Waals surface area (Å²) in [5.74, 6) is 0.484. The third kappa shape index (κ3) is 5.50. The number of hydrogen-bond donors (Lipinski definition) is 3. The van der Waals surface area contributed by atoms with Gasteiger partial charge in [0.1, 0.15) is 6.10 Å². The highest BCUT2D eigenvalue weighted by molar-refractivity contribution is 5.91. The lowest BCUT2D eigenvalue weighted by atomic mass is 9.32. The van der Waals surface area contributed by atoms with E-state index in [-0.39, 0.29) is 45.6 Å². The molecule has 0 aliphatic heterocycles. The van der Waals surface area contributed by atoms with Gasteiger partial charge in [0.15, 0.2) is 0 Å². The monoisotopic (exact) mass is 656 g/mol. The number of fused-ring (bicyclic) bond motifs is 7. The molecule has 0 heterocycles. The average Bonchev–Trinajstić information content (AvgIpc) is 3.34. The summed E-state index contributed by atoms with van der Waals surface area (Å²) in [4.78, 5) is 49.7. The van der Waals surface area contributed by atoms with E-state index in [0.29, 0.717) is 23.7 Å². The molecule has 10 atom stereocenters. The number of alkyl carbamates (subject to hydrolysis) is 1. The fourth-order valence-electron chi connectivity index (χ4n) is 12.6. The van der Waals surface area contributed by atoms with Crippen LogP contribution in [0.4, 0.5) is 9.59 Å². The molecule has 9 nitrogen and oxygen atoms in total. The summed E-state index contributed by atoms with van der Waals surface area (Å²) in [5, 5.41) is 15.2. The lowest BCUT2D eigenvalue weighted by Crippen LogP contribution is -2.69. The molecule has 0 aromatic carbocycles. The molecular formula is C38H60N2O7. The smallest absolute Gasteiger partial charge is 0.415 e. The Bertz CT molecular complexity index is 1320. The van der Waals surface area contributed by atoms with Crippen molar-refractivity contribution in [3.63, 3.8) is 0 Å². The molecule has 3 N–H and O–H groups in total. The molecule has 5 saturated carbocycles. The largest absolute Gasteiger partial charge is 0.481 e. The molecule has 5 rings (SSSR count). The van der Waals surface area contributed by atoms with Crippen LogP contribution in [0, 0.1) is 56.7 Å². The van der Waals surface area contributed by atoms with Crippen LogP contribution in [0.2, 0.25) is 0 Å². The number of carboxylic acid groups (broad SMARTS) is 1. The highest BCUT2D eigenvalue weighted by atomic mass is 16.5. The van der Waals surface area contributed by atoms with Gasteiger partial charge in [0.25, 0.3) is 0 Å². The number of methoxy groups -OCH3 is 1. The van der Waals surface area contributed by atoms with Crippen LogP contribution in [0.25, 0.3) is 0 Å². The summed E-state index contributed by atoms with van der Waals surface area (Å²) < 4.78 is 10.8. The van der Waals surface area contributed by atoms with Gasteiger partial charge in [-0.15, -0.1) is 0 Å². The first-order chi connectivity index (χ1) is 21.7. The first kappa shape index (κ1) is 35.7. The molecule has 0 aromatic heterocycles. The van der Waals surface area contributed by atoms with Crippen molar-refractivity contribution in [2.75, 3.05) is 7.11 Å². The molecule has 3 amide bonds. The zero-order chi connectivity index (χ0) is 35.0. The first-order valence-electron chi connectivity index (χ1n) is 17.9. The van der Waals surface area contributed by atoms with Gasteiger partial charge in [-0.25, -0.2) is 14.9 Å². The quantitative estimate of drug-likeness (QED) is 0.196. The second kappa shape index (κ2) is 11.8. The van der Waals surface area contributed by atoms with Gasteiger partial charge in [-0.05, 0) is 131 Å². The van der Waals surface area contributed by atoms with Gasteiger partial charge in [-0.1, -0.05) is 46.8 Å². The predicted molar refractivity (Wildman–Crippen MR) is 179 cm³/mol. The van der Waals surface area contributed by atoms with E-state index in [0.717, 1.165) is 64.2 Å². The second-order valence-electron chi connectivity index (χ2n) is 18.1. The maximum atomic E-state index is 13.1. The Morgan fingerprint density at radius 1 is 0.872 bits per heavy atom. The lowest BCUT2D eigenvalue weighted by molar-refractivity contribution is -0.246. The molecule has 5 aliphatic carbocycles. The Kier molecular flexibility index (Phi) is 8.96. The predicted octanol–water partition coefficient (Wildman–Crippen LogP) is 7.87. The third-order valence-electron chi connectivity index (χ3n) is 15.2. The van der Waals surface area contributed by atoms with Gasteiger partial charge in [-0.3, -0.25) is 9.59 Å². The standard InChI is InChI=1S/C38H60N2O7/c1-22(2)23-13-18-38(40-31(44)39-32(45)46-10)20-19-36(8)24(29(23)38)11-12-26-35(7)16-15-27(47-28(41)21-33(3,4)30(42)43)34(5,6)25(35)14-17-37(26,36)9/h23-27,29H,1,11-21H2,2-10H3,(H,42,43)(H2,39,40,44,45)/t23-,24+,25-,26+,27-,29+,35-,36+,37+,38-/m0/s1. The van der Waals surface area contributed by atoms with Crippen LogP contribution in [-0.2, 0) is 19.1 Å². The Labute approximate surface area is 281 Å². The normalized spacial score (nSPS) is 42.0. The minimum Gasteiger partial charge on any atom is -0.481 e. The van der Waals surface area contributed by atoms with Crippen molar-refractivity contribution in [2.24, 2.45) is 56.7 Å². The number of esters is 1. The molecule has 0 radical (unpaired) electrons. The lowest BCUT2D eigenvalue weighted by Gasteiger charge is -2.73. The van der Waals surface area contributed by atoms with Crippen molar-refractivity contribution >= 4 is 24.1 Å². The molecule has 0 bridgehead atoms. The molecule has 0 unspecified atom stereocenters. The van der Waals surface area contributed by atoms with Crippen LogP contribution < -0.4 is 10.6 Å². The number of allylic oxidation sites excluding steroid dienone is 1. The van der Waals surface area contributed by atoms with Crippen molar-refractivity contribution < 1.29 is 33.8 Å². The number of amides is 3. The second-order valence-corrected chi connectivity index (χ2v) is 18.1. The summed E-state index contributed by atoms with van der Waals surface area (Å²) in [6.45, 7) is 21.9. The molecule has 0 spiro atoms. The number of aliphatic carboxylic acids is 1. The van der Waals surface area contributed by atoms with E-state index < -0.39 is 29.5 Å². The van der Waals surface area contributed by atoms with Crippen LogP contribution >= 0.6 is 0 Å². The minimum absolute atomic E-state index is 0.0759. The number of imide groups is 1. The summed E-state index contributed by atoms with van der Waals surface area (Å²) in [6.07, 6.45) is 8.81. The van der Waals surface area contributed by atoms with Gasteiger partial charge in [-0.2, -0.15) is 0 Å². The Hall–Kier alpha value is -2.58. The number of carbonyl (C=O) groups is 4. The highest BCUT2D eigenvalue weighted by Gasteiger charge is 2.71. The van der Waals surface area contributed by atoms with Crippen LogP contribution in [0.15, 0.2) is 12.2 Å². The van der Waals surface area contributed by atoms with E-state index in [1.54, 1.807) is 13.8 Å². The van der Waals surface area contributed by atoms with E-state index in [9.17, 15) is 24.3 Å². The van der Waals surface area contributed by atoms with Crippen LogP contribution in [-0.4, -0.2) is 47.9 Å². The number of carbonyl (C=O) groups excluding carboxylic acids is 3. The molecule has 9 heteroatoms. The SMILES string of the molecule is C=C(C)[C@@H]1CC[C@]2(NC(=O)NC(=O)OC)CC[C@]3(C)[C@H](CC[C@@H]4[C@@]5(C)CC[C@H](OC(=O)CC(C)(C)C(=O)O)C(C)(C)[C@@H]5CC[C@]43C)[C@@H]12.